The van der Waals surface area contributed by atoms with Gasteiger partial charge in [-0.05, 0) is 18.6 Å². The minimum atomic E-state index is -0.0465. The molecule has 2 amide bonds. The zero-order chi connectivity index (χ0) is 16.8. The number of carbonyl (C=O) groups is 2. The first kappa shape index (κ1) is 16.8. The van der Waals surface area contributed by atoms with Crippen molar-refractivity contribution in [1.82, 2.24) is 14.8 Å². The molecule has 0 spiro atoms. The van der Waals surface area contributed by atoms with E-state index in [0.29, 0.717) is 13.1 Å². The fourth-order valence-corrected chi connectivity index (χ4v) is 2.48. The second-order valence-corrected chi connectivity index (χ2v) is 5.64. The van der Waals surface area contributed by atoms with Gasteiger partial charge < -0.3 is 14.8 Å². The molecule has 0 aliphatic heterocycles. The largest absolute Gasteiger partial charge is 0.356 e. The maximum absolute atomic E-state index is 12.1. The average molecular weight is 313 g/mol. The highest BCUT2D eigenvalue weighted by Gasteiger charge is 2.06. The third kappa shape index (κ3) is 4.45. The van der Waals surface area contributed by atoms with Crippen LogP contribution in [0, 0.1) is 0 Å². The lowest BCUT2D eigenvalue weighted by Gasteiger charge is -2.14. The molecule has 23 heavy (non-hydrogen) atoms. The molecule has 1 N–H and O–H groups in total. The summed E-state index contributed by atoms with van der Waals surface area (Å²) >= 11 is 0. The Balaban J connectivity index is 1.95. The van der Waals surface area contributed by atoms with Crippen LogP contribution in [0.2, 0.25) is 0 Å². The number of aryl methyl sites for hydroxylation is 1. The molecule has 0 atom stereocenters. The molecule has 0 aliphatic carbocycles. The number of hydrogen-bond acceptors (Lipinski definition) is 2. The van der Waals surface area contributed by atoms with Crippen LogP contribution in [0.1, 0.15) is 18.9 Å². The lowest BCUT2D eigenvalue weighted by atomic mass is 10.1. The van der Waals surface area contributed by atoms with Gasteiger partial charge in [0.15, 0.2) is 0 Å². The number of carbonyl (C=O) groups excluding carboxylic acids is 2. The SMILES string of the molecule is CC(=O)NCCCN(C)C(=O)/C=C\c1cn(C)c2ccccc12. The number of nitrogens with zero attached hydrogens (tertiary/aromatic N) is 2. The van der Waals surface area contributed by atoms with Crippen LogP contribution in [0.25, 0.3) is 17.0 Å². The molecule has 0 saturated heterocycles. The molecule has 2 rings (SSSR count). The van der Waals surface area contributed by atoms with Crippen molar-refractivity contribution in [2.45, 2.75) is 13.3 Å². The zero-order valence-corrected chi connectivity index (χ0v) is 13.9. The van der Waals surface area contributed by atoms with Gasteiger partial charge in [-0.3, -0.25) is 9.59 Å². The number of benzene rings is 1. The predicted octanol–water partition coefficient (Wildman–Crippen LogP) is 2.18. The first-order valence-electron chi connectivity index (χ1n) is 7.70. The molecule has 5 nitrogen and oxygen atoms in total. The molecule has 0 aliphatic rings. The Bertz CT molecular complexity index is 731. The van der Waals surface area contributed by atoms with Crippen LogP contribution < -0.4 is 5.32 Å². The van der Waals surface area contributed by atoms with Crippen molar-refractivity contribution in [3.05, 3.63) is 42.1 Å². The van der Waals surface area contributed by atoms with E-state index in [4.69, 9.17) is 0 Å². The molecule has 0 saturated carbocycles. The monoisotopic (exact) mass is 313 g/mol. The number of likely N-dealkylation sites (N-methyl/N-ethyl adjacent to an activating group) is 1. The number of nitrogens with one attached hydrogen (secondary N) is 1. The Morgan fingerprint density at radius 3 is 2.78 bits per heavy atom. The highest BCUT2D eigenvalue weighted by molar-refractivity contribution is 5.96. The van der Waals surface area contributed by atoms with Crippen LogP contribution in [0.4, 0.5) is 0 Å². The van der Waals surface area contributed by atoms with E-state index in [1.807, 2.05) is 31.5 Å². The Morgan fingerprint density at radius 2 is 2.04 bits per heavy atom. The van der Waals surface area contributed by atoms with Gasteiger partial charge in [-0.15, -0.1) is 0 Å². The Labute approximate surface area is 136 Å². The predicted molar refractivity (Wildman–Crippen MR) is 92.9 cm³/mol. The molecule has 1 aromatic heterocycles. The number of fused-ring (bicyclic) bond motifs is 1. The van der Waals surface area contributed by atoms with Crippen LogP contribution in [0.3, 0.4) is 0 Å². The van der Waals surface area contributed by atoms with Crippen LogP contribution >= 0.6 is 0 Å². The Morgan fingerprint density at radius 1 is 1.30 bits per heavy atom. The van der Waals surface area contributed by atoms with Gasteiger partial charge in [0.25, 0.3) is 0 Å². The van der Waals surface area contributed by atoms with E-state index in [9.17, 15) is 9.59 Å². The summed E-state index contributed by atoms with van der Waals surface area (Å²) in [5.41, 5.74) is 2.17. The summed E-state index contributed by atoms with van der Waals surface area (Å²) in [6.07, 6.45) is 6.21. The van der Waals surface area contributed by atoms with Crippen molar-refractivity contribution in [2.24, 2.45) is 7.05 Å². The second kappa shape index (κ2) is 7.63. The Kier molecular flexibility index (Phi) is 5.57. The van der Waals surface area contributed by atoms with Crippen LogP contribution in [0.15, 0.2) is 36.5 Å². The lowest BCUT2D eigenvalue weighted by molar-refractivity contribution is -0.124. The second-order valence-electron chi connectivity index (χ2n) is 5.64. The van der Waals surface area contributed by atoms with Gasteiger partial charge in [0.1, 0.15) is 0 Å². The summed E-state index contributed by atoms with van der Waals surface area (Å²) in [6, 6.07) is 8.11. The van der Waals surface area contributed by atoms with Gasteiger partial charge in [-0.25, -0.2) is 0 Å². The molecule has 122 valence electrons. The maximum Gasteiger partial charge on any atom is 0.246 e. The number of amides is 2. The van der Waals surface area contributed by atoms with Crippen molar-refractivity contribution in [3.63, 3.8) is 0 Å². The molecule has 1 aromatic carbocycles. The molecule has 1 heterocycles. The number of para-hydroxylation sites is 1. The van der Waals surface area contributed by atoms with Crippen molar-refractivity contribution >= 4 is 28.8 Å². The van der Waals surface area contributed by atoms with E-state index in [1.165, 1.54) is 6.92 Å². The molecule has 5 heteroatoms. The molecule has 0 radical (unpaired) electrons. The minimum absolute atomic E-state index is 0.0410. The smallest absolute Gasteiger partial charge is 0.246 e. The highest BCUT2D eigenvalue weighted by atomic mass is 16.2. The van der Waals surface area contributed by atoms with Gasteiger partial charge >= 0.3 is 0 Å². The normalized spacial score (nSPS) is 11.1. The van der Waals surface area contributed by atoms with Gasteiger partial charge in [0.2, 0.25) is 11.8 Å². The minimum Gasteiger partial charge on any atom is -0.356 e. The summed E-state index contributed by atoms with van der Waals surface area (Å²) in [5, 5.41) is 3.85. The summed E-state index contributed by atoms with van der Waals surface area (Å²) in [6.45, 7) is 2.68. The summed E-state index contributed by atoms with van der Waals surface area (Å²) in [4.78, 5) is 24.6. The van der Waals surface area contributed by atoms with Gasteiger partial charge in [-0.1, -0.05) is 18.2 Å². The quantitative estimate of drug-likeness (QED) is 0.656. The van der Waals surface area contributed by atoms with E-state index in [0.717, 1.165) is 22.9 Å². The third-order valence-corrected chi connectivity index (χ3v) is 3.75. The third-order valence-electron chi connectivity index (χ3n) is 3.75. The number of aromatic nitrogens is 1. The van der Waals surface area contributed by atoms with Crippen LogP contribution in [-0.2, 0) is 16.6 Å². The standard InChI is InChI=1S/C18H23N3O2/c1-14(22)19-11-6-12-20(2)18(23)10-9-15-13-21(3)17-8-5-4-7-16(15)17/h4-5,7-10,13H,6,11-12H2,1-3H3,(H,19,22)/b10-9-. The maximum atomic E-state index is 12.1. The molecular formula is C18H23N3O2. The summed E-state index contributed by atoms with van der Waals surface area (Å²) < 4.78 is 2.05. The van der Waals surface area contributed by atoms with Crippen molar-refractivity contribution < 1.29 is 9.59 Å². The van der Waals surface area contributed by atoms with E-state index in [1.54, 1.807) is 18.0 Å². The average Bonchev–Trinajstić information content (AvgIpc) is 2.85. The topological polar surface area (TPSA) is 54.3 Å². The van der Waals surface area contributed by atoms with E-state index >= 15 is 0 Å². The summed E-state index contributed by atoms with van der Waals surface area (Å²) in [7, 11) is 3.76. The lowest BCUT2D eigenvalue weighted by Crippen LogP contribution is -2.29. The fourth-order valence-electron chi connectivity index (χ4n) is 2.48. The fraction of sp³-hybridized carbons (Fsp3) is 0.333. The first-order chi connectivity index (χ1) is 11.0. The molecule has 2 aromatic rings. The van der Waals surface area contributed by atoms with E-state index in [-0.39, 0.29) is 11.8 Å². The van der Waals surface area contributed by atoms with Crippen LogP contribution in [0.5, 0.6) is 0 Å². The zero-order valence-electron chi connectivity index (χ0n) is 13.9. The van der Waals surface area contributed by atoms with E-state index < -0.39 is 0 Å². The molecular weight excluding hydrogens is 290 g/mol. The van der Waals surface area contributed by atoms with Crippen LogP contribution in [-0.4, -0.2) is 41.4 Å². The summed E-state index contributed by atoms with van der Waals surface area (Å²) in [5.74, 6) is -0.0874. The van der Waals surface area contributed by atoms with Gasteiger partial charge in [0.05, 0.1) is 0 Å². The molecule has 0 unspecified atom stereocenters. The highest BCUT2D eigenvalue weighted by Crippen LogP contribution is 2.21. The van der Waals surface area contributed by atoms with Crippen molar-refractivity contribution in [3.8, 4) is 0 Å². The van der Waals surface area contributed by atoms with E-state index in [2.05, 4.69) is 22.0 Å². The van der Waals surface area contributed by atoms with Gasteiger partial charge in [0, 0.05) is 62.8 Å². The number of rotatable bonds is 6. The van der Waals surface area contributed by atoms with Crippen molar-refractivity contribution in [2.75, 3.05) is 20.1 Å². The molecule has 0 fully saturated rings. The van der Waals surface area contributed by atoms with Crippen molar-refractivity contribution in [1.29, 1.82) is 0 Å². The number of hydrogen-bond donors (Lipinski definition) is 1. The Hall–Kier alpha value is -2.56. The first-order valence-corrected chi connectivity index (χ1v) is 7.70. The van der Waals surface area contributed by atoms with Gasteiger partial charge in [-0.2, -0.15) is 0 Å². The molecule has 0 bridgehead atoms.